The van der Waals surface area contributed by atoms with E-state index in [2.05, 4.69) is 20.9 Å². The highest BCUT2D eigenvalue weighted by molar-refractivity contribution is 5.99. The van der Waals surface area contributed by atoms with Gasteiger partial charge in [0.1, 0.15) is 11.6 Å². The summed E-state index contributed by atoms with van der Waals surface area (Å²) in [6, 6.07) is 8.07. The maximum absolute atomic E-state index is 13.3. The number of amides is 2. The molecule has 4 rings (SSSR count). The normalized spacial score (nSPS) is 21.3. The minimum atomic E-state index is -0.290. The molecule has 6 nitrogen and oxygen atoms in total. The quantitative estimate of drug-likeness (QED) is 0.783. The van der Waals surface area contributed by atoms with Crippen LogP contribution >= 0.6 is 0 Å². The summed E-state index contributed by atoms with van der Waals surface area (Å²) in [4.78, 5) is 28.0. The molecule has 134 valence electrons. The predicted molar refractivity (Wildman–Crippen MR) is 95.2 cm³/mol. The number of carbonyl (C=O) groups excluding carboxylic acids is 2. The molecule has 3 heterocycles. The monoisotopic (exact) mass is 354 g/mol. The number of hydrogen-bond donors (Lipinski definition) is 3. The van der Waals surface area contributed by atoms with Crippen LogP contribution in [0.1, 0.15) is 17.5 Å². The van der Waals surface area contributed by atoms with Gasteiger partial charge in [-0.3, -0.25) is 9.59 Å². The zero-order valence-corrected chi connectivity index (χ0v) is 14.1. The molecule has 2 aromatic rings. The molecular weight excluding hydrogens is 335 g/mol. The smallest absolute Gasteiger partial charge is 0.241 e. The van der Waals surface area contributed by atoms with Gasteiger partial charge >= 0.3 is 0 Å². The van der Waals surface area contributed by atoms with Crippen LogP contribution in [0.5, 0.6) is 0 Å². The largest absolute Gasteiger partial charge is 0.323 e. The van der Waals surface area contributed by atoms with Crippen LogP contribution in [-0.2, 0) is 22.4 Å². The lowest BCUT2D eigenvalue weighted by atomic mass is 9.96. The summed E-state index contributed by atoms with van der Waals surface area (Å²) in [6.45, 7) is 0.718. The van der Waals surface area contributed by atoms with Crippen molar-refractivity contribution in [2.45, 2.75) is 25.3 Å². The maximum atomic E-state index is 13.3. The van der Waals surface area contributed by atoms with Gasteiger partial charge in [-0.2, -0.15) is 0 Å². The summed E-state index contributed by atoms with van der Waals surface area (Å²) < 4.78 is 13.3. The Morgan fingerprint density at radius 3 is 3.08 bits per heavy atom. The second-order valence-corrected chi connectivity index (χ2v) is 6.84. The Bertz CT molecular complexity index is 870. The fourth-order valence-electron chi connectivity index (χ4n) is 3.57. The van der Waals surface area contributed by atoms with E-state index >= 15 is 0 Å². The van der Waals surface area contributed by atoms with Crippen molar-refractivity contribution in [3.8, 4) is 0 Å². The number of halogens is 1. The first kappa shape index (κ1) is 16.7. The average Bonchev–Trinajstić information content (AvgIpc) is 3.20. The SMILES string of the molecule is O=C1Cc2cc(NC(=O)[C@@H]3C[C@@H](Cc4cccc(F)c4)CN3)cnc2N1. The Hall–Kier alpha value is -2.80. The highest BCUT2D eigenvalue weighted by atomic mass is 19.1. The van der Waals surface area contributed by atoms with Crippen LogP contribution in [0, 0.1) is 11.7 Å². The number of nitrogens with one attached hydrogen (secondary N) is 3. The third-order valence-corrected chi connectivity index (χ3v) is 4.79. The molecule has 2 aliphatic rings. The van der Waals surface area contributed by atoms with E-state index in [1.165, 1.54) is 6.07 Å². The first-order valence-corrected chi connectivity index (χ1v) is 8.64. The molecule has 1 aromatic carbocycles. The predicted octanol–water partition coefficient (Wildman–Crippen LogP) is 1.87. The minimum Gasteiger partial charge on any atom is -0.323 e. The Balaban J connectivity index is 1.35. The summed E-state index contributed by atoms with van der Waals surface area (Å²) in [7, 11) is 0. The molecule has 7 heteroatoms. The van der Waals surface area contributed by atoms with E-state index in [1.807, 2.05) is 6.07 Å². The van der Waals surface area contributed by atoms with Gasteiger partial charge in [-0.15, -0.1) is 0 Å². The number of benzene rings is 1. The summed E-state index contributed by atoms with van der Waals surface area (Å²) in [5, 5.41) is 8.75. The van der Waals surface area contributed by atoms with E-state index in [4.69, 9.17) is 0 Å². The fourth-order valence-corrected chi connectivity index (χ4v) is 3.57. The van der Waals surface area contributed by atoms with Crippen LogP contribution < -0.4 is 16.0 Å². The van der Waals surface area contributed by atoms with Crippen molar-refractivity contribution in [2.24, 2.45) is 5.92 Å². The van der Waals surface area contributed by atoms with Gasteiger partial charge in [-0.1, -0.05) is 12.1 Å². The molecule has 0 bridgehead atoms. The topological polar surface area (TPSA) is 83.1 Å². The third-order valence-electron chi connectivity index (χ3n) is 4.79. The first-order valence-electron chi connectivity index (χ1n) is 8.64. The van der Waals surface area contributed by atoms with Gasteiger partial charge < -0.3 is 16.0 Å². The number of hydrogen-bond acceptors (Lipinski definition) is 4. The summed E-state index contributed by atoms with van der Waals surface area (Å²) in [5.74, 6) is 0.397. The molecule has 2 atom stereocenters. The second kappa shape index (κ2) is 6.84. The lowest BCUT2D eigenvalue weighted by Crippen LogP contribution is -2.35. The van der Waals surface area contributed by atoms with Crippen molar-refractivity contribution in [2.75, 3.05) is 17.2 Å². The van der Waals surface area contributed by atoms with Gasteiger partial charge in [-0.05, 0) is 49.1 Å². The van der Waals surface area contributed by atoms with Crippen molar-refractivity contribution < 1.29 is 14.0 Å². The van der Waals surface area contributed by atoms with E-state index in [-0.39, 0.29) is 36.0 Å². The first-order chi connectivity index (χ1) is 12.6. The van der Waals surface area contributed by atoms with Crippen molar-refractivity contribution >= 4 is 23.3 Å². The molecule has 0 saturated carbocycles. The Morgan fingerprint density at radius 2 is 2.23 bits per heavy atom. The third kappa shape index (κ3) is 3.57. The second-order valence-electron chi connectivity index (χ2n) is 6.84. The number of pyridine rings is 1. The molecule has 26 heavy (non-hydrogen) atoms. The zero-order valence-electron chi connectivity index (χ0n) is 14.1. The Labute approximate surface area is 150 Å². The Morgan fingerprint density at radius 1 is 1.35 bits per heavy atom. The van der Waals surface area contributed by atoms with E-state index in [0.29, 0.717) is 17.9 Å². The molecule has 1 aromatic heterocycles. The van der Waals surface area contributed by atoms with Gasteiger partial charge in [0.25, 0.3) is 0 Å². The molecule has 0 radical (unpaired) electrons. The van der Waals surface area contributed by atoms with Crippen LogP contribution in [0.15, 0.2) is 36.5 Å². The molecule has 0 spiro atoms. The molecule has 1 fully saturated rings. The van der Waals surface area contributed by atoms with Crippen LogP contribution in [0.2, 0.25) is 0 Å². The van der Waals surface area contributed by atoms with Gasteiger partial charge in [-0.25, -0.2) is 9.37 Å². The number of fused-ring (bicyclic) bond motifs is 1. The van der Waals surface area contributed by atoms with Crippen molar-refractivity contribution in [3.05, 3.63) is 53.5 Å². The molecule has 2 amide bonds. The van der Waals surface area contributed by atoms with Crippen LogP contribution in [0.4, 0.5) is 15.9 Å². The number of aromatic nitrogens is 1. The molecule has 0 unspecified atom stereocenters. The zero-order chi connectivity index (χ0) is 18.1. The number of anilines is 2. The van der Waals surface area contributed by atoms with Gasteiger partial charge in [0.2, 0.25) is 11.8 Å². The highest BCUT2D eigenvalue weighted by Crippen LogP contribution is 2.24. The lowest BCUT2D eigenvalue weighted by Gasteiger charge is -2.12. The standard InChI is InChI=1S/C19H19FN4O2/c20-14-3-1-2-11(5-14)4-12-6-16(21-9-12)19(26)23-15-7-13-8-17(25)24-18(13)22-10-15/h1-3,5,7,10,12,16,21H,4,6,8-9H2,(H,23,26)(H,22,24,25)/t12-,16+/m1/s1. The number of rotatable bonds is 4. The average molecular weight is 354 g/mol. The van der Waals surface area contributed by atoms with Gasteiger partial charge in [0.15, 0.2) is 0 Å². The summed E-state index contributed by atoms with van der Waals surface area (Å²) >= 11 is 0. The maximum Gasteiger partial charge on any atom is 0.241 e. The molecule has 1 saturated heterocycles. The number of carbonyl (C=O) groups is 2. The van der Waals surface area contributed by atoms with E-state index in [1.54, 1.807) is 24.4 Å². The van der Waals surface area contributed by atoms with Crippen molar-refractivity contribution in [1.82, 2.24) is 10.3 Å². The molecular formula is C19H19FN4O2. The van der Waals surface area contributed by atoms with E-state index < -0.39 is 0 Å². The molecule has 2 aliphatic heterocycles. The van der Waals surface area contributed by atoms with Crippen molar-refractivity contribution in [1.29, 1.82) is 0 Å². The molecule has 0 aliphatic carbocycles. The summed E-state index contributed by atoms with van der Waals surface area (Å²) in [6.07, 6.45) is 3.26. The highest BCUT2D eigenvalue weighted by Gasteiger charge is 2.30. The van der Waals surface area contributed by atoms with E-state index in [9.17, 15) is 14.0 Å². The van der Waals surface area contributed by atoms with Crippen molar-refractivity contribution in [3.63, 3.8) is 0 Å². The van der Waals surface area contributed by atoms with Gasteiger partial charge in [0.05, 0.1) is 24.3 Å². The van der Waals surface area contributed by atoms with E-state index in [0.717, 1.165) is 24.1 Å². The molecule has 3 N–H and O–H groups in total. The van der Waals surface area contributed by atoms with Crippen LogP contribution in [0.25, 0.3) is 0 Å². The number of nitrogens with zero attached hydrogens (tertiary/aromatic N) is 1. The Kier molecular flexibility index (Phi) is 4.38. The fraction of sp³-hybridized carbons (Fsp3) is 0.316. The van der Waals surface area contributed by atoms with Gasteiger partial charge in [0, 0.05) is 5.56 Å². The summed E-state index contributed by atoms with van der Waals surface area (Å²) in [5.41, 5.74) is 2.31. The minimum absolute atomic E-state index is 0.0892. The van der Waals surface area contributed by atoms with Crippen LogP contribution in [0.3, 0.4) is 0 Å². The van der Waals surface area contributed by atoms with Crippen LogP contribution in [-0.4, -0.2) is 29.4 Å². The lowest BCUT2D eigenvalue weighted by molar-refractivity contribution is -0.118.